The van der Waals surface area contributed by atoms with Gasteiger partial charge in [0, 0.05) is 10.8 Å². The first-order chi connectivity index (χ1) is 22.4. The summed E-state index contributed by atoms with van der Waals surface area (Å²) in [5.74, 6) is 2.08. The summed E-state index contributed by atoms with van der Waals surface area (Å²) in [5, 5.41) is 18.8. The Bertz CT molecular complexity index is 1160. The molecule has 0 radical (unpaired) electrons. The maximum Gasteiger partial charge on any atom is 0.119 e. The van der Waals surface area contributed by atoms with Crippen molar-refractivity contribution in [1.29, 1.82) is 0 Å². The molecule has 0 fully saturated rings. The lowest BCUT2D eigenvalue weighted by Gasteiger charge is -2.47. The number of hydrogen-bond acceptors (Lipinski definition) is 7. The molecular weight excluding hydrogens is 604 g/mol. The van der Waals surface area contributed by atoms with Gasteiger partial charge >= 0.3 is 0 Å². The normalized spacial score (nSPS) is 15.3. The van der Waals surface area contributed by atoms with Crippen molar-refractivity contribution in [2.45, 2.75) is 102 Å². The zero-order valence-corrected chi connectivity index (χ0v) is 32.1. The molecule has 48 heavy (non-hydrogen) atoms. The fraction of sp³-hybridized carbons (Fsp3) is 0.707. The average molecular weight is 673 g/mol. The summed E-state index contributed by atoms with van der Waals surface area (Å²) >= 11 is 0. The average Bonchev–Trinajstić information content (AvgIpc) is 2.99. The van der Waals surface area contributed by atoms with Crippen molar-refractivity contribution in [2.24, 2.45) is 33.0 Å². The minimum absolute atomic E-state index is 0.0195. The lowest BCUT2D eigenvalue weighted by molar-refractivity contribution is -0.0925. The van der Waals surface area contributed by atoms with E-state index in [-0.39, 0.29) is 40.3 Å². The molecule has 7 nitrogen and oxygen atoms in total. The van der Waals surface area contributed by atoms with E-state index in [1.165, 1.54) is 0 Å². The first-order valence-corrected chi connectivity index (χ1v) is 17.7. The highest BCUT2D eigenvalue weighted by atomic mass is 16.5. The van der Waals surface area contributed by atoms with Gasteiger partial charge in [0.15, 0.2) is 0 Å². The Morgan fingerprint density at radius 1 is 0.521 bits per heavy atom. The Morgan fingerprint density at radius 3 is 1.25 bits per heavy atom. The molecule has 0 aliphatic heterocycles. The first-order valence-electron chi connectivity index (χ1n) is 17.7. The van der Waals surface area contributed by atoms with E-state index >= 15 is 0 Å². The molecule has 0 aromatic heterocycles. The molecule has 0 heterocycles. The number of aliphatic hydroxyl groups excluding tert-OH is 2. The number of hydrogen-bond donors (Lipinski definition) is 2. The smallest absolute Gasteiger partial charge is 0.119 e. The topological polar surface area (TPSA) is 86.6 Å². The van der Waals surface area contributed by atoms with Crippen LogP contribution in [-0.2, 0) is 27.4 Å². The molecule has 2 aromatic carbocycles. The quantitative estimate of drug-likeness (QED) is 0.128. The molecule has 0 spiro atoms. The van der Waals surface area contributed by atoms with Gasteiger partial charge in [-0.25, -0.2) is 0 Å². The molecule has 2 rings (SSSR count). The van der Waals surface area contributed by atoms with E-state index in [2.05, 4.69) is 76.2 Å². The van der Waals surface area contributed by atoms with E-state index < -0.39 is 0 Å². The van der Waals surface area contributed by atoms with Gasteiger partial charge in [0.25, 0.3) is 0 Å². The van der Waals surface area contributed by atoms with Crippen LogP contribution in [0.2, 0.25) is 0 Å². The van der Waals surface area contributed by atoms with Crippen LogP contribution in [0.25, 0.3) is 0 Å². The molecule has 0 amide bonds. The van der Waals surface area contributed by atoms with Crippen LogP contribution in [-0.4, -0.2) is 63.1 Å². The van der Waals surface area contributed by atoms with Crippen molar-refractivity contribution >= 4 is 0 Å². The van der Waals surface area contributed by atoms with E-state index in [4.69, 9.17) is 23.7 Å². The maximum absolute atomic E-state index is 9.40. The van der Waals surface area contributed by atoms with Crippen molar-refractivity contribution in [2.75, 3.05) is 52.9 Å². The highest BCUT2D eigenvalue weighted by Gasteiger charge is 2.46. The van der Waals surface area contributed by atoms with E-state index in [0.29, 0.717) is 58.8 Å². The molecule has 0 aliphatic rings. The van der Waals surface area contributed by atoms with E-state index in [1.807, 2.05) is 48.5 Å². The maximum atomic E-state index is 9.40. The lowest BCUT2D eigenvalue weighted by Crippen LogP contribution is -2.47. The van der Waals surface area contributed by atoms with Crippen molar-refractivity contribution in [3.05, 3.63) is 59.7 Å². The van der Waals surface area contributed by atoms with Gasteiger partial charge in [-0.15, -0.1) is 0 Å². The van der Waals surface area contributed by atoms with Gasteiger partial charge in [-0.2, -0.15) is 0 Å². The van der Waals surface area contributed by atoms with Crippen molar-refractivity contribution in [3.63, 3.8) is 0 Å². The monoisotopic (exact) mass is 672 g/mol. The van der Waals surface area contributed by atoms with Crippen LogP contribution >= 0.6 is 0 Å². The number of aliphatic hydroxyl groups is 2. The molecule has 0 saturated heterocycles. The van der Waals surface area contributed by atoms with Gasteiger partial charge in [0.05, 0.1) is 66.1 Å². The molecule has 2 aromatic rings. The zero-order valence-electron chi connectivity index (χ0n) is 32.1. The summed E-state index contributed by atoms with van der Waals surface area (Å²) in [5.41, 5.74) is 1.30. The first kappa shape index (κ1) is 42.0. The molecule has 274 valence electrons. The Labute approximate surface area is 292 Å². The summed E-state index contributed by atoms with van der Waals surface area (Å²) in [6.07, 6.45) is 1.91. The molecule has 2 unspecified atom stereocenters. The Morgan fingerprint density at radius 2 is 0.896 bits per heavy atom. The van der Waals surface area contributed by atoms with Crippen molar-refractivity contribution < 1.29 is 33.9 Å². The van der Waals surface area contributed by atoms with Crippen LogP contribution in [0.1, 0.15) is 100 Å². The summed E-state index contributed by atoms with van der Waals surface area (Å²) in [6.45, 7) is 29.1. The highest BCUT2D eigenvalue weighted by molar-refractivity contribution is 5.27. The lowest BCUT2D eigenvalue weighted by atomic mass is 9.61. The van der Waals surface area contributed by atoms with E-state index in [0.717, 1.165) is 35.5 Å². The van der Waals surface area contributed by atoms with Gasteiger partial charge in [-0.3, -0.25) is 0 Å². The van der Waals surface area contributed by atoms with Crippen LogP contribution in [0.3, 0.4) is 0 Å². The minimum Gasteiger partial charge on any atom is -0.493 e. The van der Waals surface area contributed by atoms with Crippen LogP contribution in [0.5, 0.6) is 11.5 Å². The zero-order chi connectivity index (χ0) is 36.1. The summed E-state index contributed by atoms with van der Waals surface area (Å²) in [6, 6.07) is 15.3. The minimum atomic E-state index is -0.223. The number of rotatable bonds is 21. The summed E-state index contributed by atoms with van der Waals surface area (Å²) in [4.78, 5) is 0. The molecule has 2 N–H and O–H groups in total. The third-order valence-corrected chi connectivity index (χ3v) is 9.59. The van der Waals surface area contributed by atoms with Gasteiger partial charge in [0.2, 0.25) is 0 Å². The third kappa shape index (κ3) is 13.6. The molecule has 0 bridgehead atoms. The fourth-order valence-corrected chi connectivity index (χ4v) is 6.24. The van der Waals surface area contributed by atoms with E-state index in [9.17, 15) is 10.2 Å². The molecular formula is C41H68O7. The summed E-state index contributed by atoms with van der Waals surface area (Å²) in [7, 11) is 0. The second kappa shape index (κ2) is 18.7. The van der Waals surface area contributed by atoms with E-state index in [1.54, 1.807) is 0 Å². The van der Waals surface area contributed by atoms with Gasteiger partial charge in [-0.1, -0.05) is 100 Å². The third-order valence-electron chi connectivity index (χ3n) is 9.59. The fourth-order valence-electron chi connectivity index (χ4n) is 6.24. The second-order valence-electron chi connectivity index (χ2n) is 17.3. The number of ether oxygens (including phenoxy) is 5. The second-order valence-corrected chi connectivity index (χ2v) is 17.3. The van der Waals surface area contributed by atoms with Gasteiger partial charge in [0.1, 0.15) is 11.5 Å². The largest absolute Gasteiger partial charge is 0.493 e. The van der Waals surface area contributed by atoms with Crippen LogP contribution in [0, 0.1) is 33.0 Å². The van der Waals surface area contributed by atoms with Crippen LogP contribution in [0.15, 0.2) is 48.5 Å². The van der Waals surface area contributed by atoms with Crippen molar-refractivity contribution in [1.82, 2.24) is 0 Å². The summed E-state index contributed by atoms with van der Waals surface area (Å²) < 4.78 is 31.3. The molecule has 0 aliphatic carbocycles. The van der Waals surface area contributed by atoms with Crippen molar-refractivity contribution in [3.8, 4) is 11.5 Å². The Hall–Kier alpha value is -2.16. The van der Waals surface area contributed by atoms with Gasteiger partial charge < -0.3 is 33.9 Å². The predicted octanol–water partition coefficient (Wildman–Crippen LogP) is 8.73. The standard InChI is InChI=1S/C41H68O7/c1-32(2)24-40(38(6,7)8,30-47-35-16-12-33(25-42)13-17-35)28-45-22-20-44-21-23-46-29-41(39(9,10)11,27-37(3,4)5)31-48-36-18-14-34(26-43)15-19-36/h12-19,32,42-43H,20-31H2,1-11H3. The van der Waals surface area contributed by atoms with Crippen LogP contribution in [0.4, 0.5) is 0 Å². The Kier molecular flexibility index (Phi) is 16.4. The molecule has 7 heteroatoms. The number of benzene rings is 2. The van der Waals surface area contributed by atoms with Crippen LogP contribution < -0.4 is 9.47 Å². The molecule has 0 saturated carbocycles. The SMILES string of the molecule is CC(C)CC(COCCOCCOCC(COc1ccc(CO)cc1)(CC(C)(C)C)C(C)(C)C)(COc1ccc(CO)cc1)C(C)(C)C. The van der Waals surface area contributed by atoms with Gasteiger partial charge in [-0.05, 0) is 70.4 Å². The molecule has 2 atom stereocenters. The predicted molar refractivity (Wildman–Crippen MR) is 195 cm³/mol. The Balaban J connectivity index is 1.92. The highest BCUT2D eigenvalue weighted by Crippen LogP contribution is 2.48.